The Morgan fingerprint density at radius 1 is 1.21 bits per heavy atom. The van der Waals surface area contributed by atoms with Crippen LogP contribution in [0, 0.1) is 22.6 Å². The van der Waals surface area contributed by atoms with Crippen LogP contribution in [0.3, 0.4) is 0 Å². The lowest BCUT2D eigenvalue weighted by molar-refractivity contribution is -0.143. The molecule has 1 N–H and O–H groups in total. The number of aliphatic hydroxyl groups excluding tert-OH is 1. The van der Waals surface area contributed by atoms with E-state index >= 15 is 0 Å². The quantitative estimate of drug-likeness (QED) is 0.332. The summed E-state index contributed by atoms with van der Waals surface area (Å²) in [4.78, 5) is 31.8. The van der Waals surface area contributed by atoms with Gasteiger partial charge in [-0.25, -0.2) is 14.4 Å². The van der Waals surface area contributed by atoms with E-state index in [4.69, 9.17) is 15.1 Å². The number of β-amino-alcohol motifs (C(OH)–C–C–N with tert-alkyl or cyclic N) is 1. The Balaban J connectivity index is 1.09. The average molecular weight is 622 g/mol. The maximum absolute atomic E-state index is 13.5. The highest BCUT2D eigenvalue weighted by molar-refractivity contribution is 7.20. The van der Waals surface area contributed by atoms with Gasteiger partial charge in [0.25, 0.3) is 0 Å². The molecule has 3 aromatic heterocycles. The summed E-state index contributed by atoms with van der Waals surface area (Å²) < 4.78 is 15.4. The molecule has 0 unspecified atom stereocenters. The van der Waals surface area contributed by atoms with Crippen molar-refractivity contribution < 1.29 is 14.3 Å². The number of likely N-dealkylation sites (tertiary alicyclic amines) is 2. The molecular weight excluding hydrogens is 590 g/mol. The van der Waals surface area contributed by atoms with Gasteiger partial charge in [-0.05, 0) is 50.1 Å². The van der Waals surface area contributed by atoms with Gasteiger partial charge in [0.2, 0.25) is 16.0 Å². The molecule has 7 rings (SSSR count). The molecular formula is C29H32FN9O2S2. The van der Waals surface area contributed by atoms with Crippen LogP contribution < -0.4 is 9.80 Å². The highest BCUT2D eigenvalue weighted by Gasteiger charge is 2.47. The topological polar surface area (TPSA) is 117 Å². The van der Waals surface area contributed by atoms with Gasteiger partial charge in [-0.1, -0.05) is 29.6 Å². The molecule has 1 spiro atoms. The van der Waals surface area contributed by atoms with Crippen molar-refractivity contribution in [1.82, 2.24) is 29.4 Å². The van der Waals surface area contributed by atoms with Crippen LogP contribution in [-0.4, -0.2) is 99.4 Å². The van der Waals surface area contributed by atoms with Crippen molar-refractivity contribution in [2.24, 2.45) is 5.41 Å². The van der Waals surface area contributed by atoms with E-state index < -0.39 is 0 Å². The van der Waals surface area contributed by atoms with Gasteiger partial charge in [0.05, 0.1) is 18.3 Å². The molecule has 14 heteroatoms. The fraction of sp³-hybridized carbons (Fsp3) is 0.483. The van der Waals surface area contributed by atoms with E-state index in [2.05, 4.69) is 22.8 Å². The van der Waals surface area contributed by atoms with Gasteiger partial charge in [0, 0.05) is 50.7 Å². The number of anilines is 3. The zero-order chi connectivity index (χ0) is 29.9. The lowest BCUT2D eigenvalue weighted by atomic mass is 9.73. The average Bonchev–Trinajstić information content (AvgIpc) is 3.67. The summed E-state index contributed by atoms with van der Waals surface area (Å²) in [7, 11) is 1.91. The number of halogens is 1. The largest absolute Gasteiger partial charge is 0.389 e. The number of hydrogen-bond acceptors (Lipinski definition) is 11. The molecule has 3 aliphatic heterocycles. The third kappa shape index (κ3) is 5.04. The number of hydrogen-bond donors (Lipinski definition) is 1. The highest BCUT2D eigenvalue weighted by atomic mass is 32.1. The smallest absolute Gasteiger partial charge is 0.236 e. The number of nitrogens with zero attached hydrogens (tertiary/aromatic N) is 9. The molecule has 3 aliphatic rings. The van der Waals surface area contributed by atoms with E-state index in [9.17, 15) is 19.6 Å². The summed E-state index contributed by atoms with van der Waals surface area (Å²) >= 11 is 2.85. The van der Waals surface area contributed by atoms with E-state index in [1.165, 1.54) is 23.5 Å². The van der Waals surface area contributed by atoms with E-state index in [1.807, 2.05) is 16.5 Å². The van der Waals surface area contributed by atoms with Crippen LogP contribution in [0.15, 0.2) is 24.3 Å². The van der Waals surface area contributed by atoms with Gasteiger partial charge in [0.1, 0.15) is 22.5 Å². The Morgan fingerprint density at radius 2 is 1.98 bits per heavy atom. The molecule has 43 heavy (non-hydrogen) atoms. The van der Waals surface area contributed by atoms with Crippen LogP contribution in [-0.2, 0) is 11.2 Å². The second-order valence-corrected chi connectivity index (χ2v) is 13.7. The number of fused-ring (bicyclic) bond motifs is 1. The van der Waals surface area contributed by atoms with Crippen LogP contribution >= 0.6 is 22.7 Å². The van der Waals surface area contributed by atoms with Crippen molar-refractivity contribution in [2.45, 2.75) is 32.3 Å². The first-order valence-electron chi connectivity index (χ1n) is 14.5. The van der Waals surface area contributed by atoms with Crippen molar-refractivity contribution in [3.63, 3.8) is 0 Å². The minimum absolute atomic E-state index is 0.106. The maximum atomic E-state index is 13.5. The fourth-order valence-electron chi connectivity index (χ4n) is 6.44. The number of nitriles is 1. The summed E-state index contributed by atoms with van der Waals surface area (Å²) in [5.74, 6) is 0.587. The summed E-state index contributed by atoms with van der Waals surface area (Å²) in [5.41, 5.74) is 2.27. The molecule has 11 nitrogen and oxygen atoms in total. The van der Waals surface area contributed by atoms with Gasteiger partial charge in [-0.2, -0.15) is 9.78 Å². The molecule has 0 aliphatic carbocycles. The molecule has 3 fully saturated rings. The van der Waals surface area contributed by atoms with Crippen molar-refractivity contribution in [3.05, 3.63) is 40.7 Å². The van der Waals surface area contributed by atoms with Crippen molar-refractivity contribution in [3.8, 4) is 17.3 Å². The first-order chi connectivity index (χ1) is 20.8. The Kier molecular flexibility index (Phi) is 7.08. The van der Waals surface area contributed by atoms with Gasteiger partial charge in [-0.3, -0.25) is 9.69 Å². The van der Waals surface area contributed by atoms with E-state index in [0.29, 0.717) is 47.3 Å². The number of rotatable bonds is 7. The minimum atomic E-state index is -0.375. The number of aliphatic hydroxyl groups is 1. The standard InChI is InChI=1S/C29H32FN9O2S2/c1-3-21-25(35(2)26-33-24(22(11-31)42-26)18-5-7-19(30)8-6-18)39-27(32-21)43-28(34-39)38-16-29(17-38)9-4-10-36(15-29)14-23(41)37-12-20(40)13-37/h5-8,20,40H,3-4,9-10,12-17H2,1-2H3. The minimum Gasteiger partial charge on any atom is -0.389 e. The number of amides is 1. The maximum Gasteiger partial charge on any atom is 0.236 e. The predicted octanol–water partition coefficient (Wildman–Crippen LogP) is 3.36. The van der Waals surface area contributed by atoms with Crippen LogP contribution in [0.25, 0.3) is 16.2 Å². The summed E-state index contributed by atoms with van der Waals surface area (Å²) in [6.07, 6.45) is 2.54. The zero-order valence-corrected chi connectivity index (χ0v) is 25.7. The lowest BCUT2D eigenvalue weighted by Gasteiger charge is -2.54. The molecule has 3 saturated heterocycles. The number of aryl methyl sites for hydroxylation is 1. The van der Waals surface area contributed by atoms with Crippen molar-refractivity contribution >= 4 is 49.6 Å². The monoisotopic (exact) mass is 621 g/mol. The fourth-order valence-corrected chi connectivity index (χ4v) is 8.21. The number of aromatic nitrogens is 4. The summed E-state index contributed by atoms with van der Waals surface area (Å²) in [6.45, 7) is 6.98. The van der Waals surface area contributed by atoms with Crippen molar-refractivity contribution in [1.29, 1.82) is 5.26 Å². The molecule has 0 atom stereocenters. The van der Waals surface area contributed by atoms with Crippen LogP contribution in [0.1, 0.15) is 30.3 Å². The van der Waals surface area contributed by atoms with Gasteiger partial charge >= 0.3 is 0 Å². The Labute approximate surface area is 256 Å². The number of thiazole rings is 1. The number of carbonyl (C=O) groups is 1. The normalized spacial score (nSPS) is 18.6. The van der Waals surface area contributed by atoms with E-state index in [1.54, 1.807) is 28.4 Å². The molecule has 0 bridgehead atoms. The van der Waals surface area contributed by atoms with Gasteiger partial charge in [0.15, 0.2) is 10.9 Å². The van der Waals surface area contributed by atoms with Crippen LogP contribution in [0.4, 0.5) is 20.5 Å². The molecule has 4 aromatic rings. The molecule has 1 aromatic carbocycles. The second-order valence-electron chi connectivity index (χ2n) is 11.8. The molecule has 6 heterocycles. The van der Waals surface area contributed by atoms with Gasteiger partial charge < -0.3 is 19.8 Å². The number of piperidine rings is 1. The van der Waals surface area contributed by atoms with E-state index in [-0.39, 0.29) is 23.2 Å². The lowest BCUT2D eigenvalue weighted by Crippen LogP contribution is -2.64. The first kappa shape index (κ1) is 28.1. The van der Waals surface area contributed by atoms with Gasteiger partial charge in [-0.15, -0.1) is 5.10 Å². The number of imidazole rings is 1. The Bertz CT molecular complexity index is 1710. The summed E-state index contributed by atoms with van der Waals surface area (Å²) in [6, 6.07) is 8.26. The molecule has 224 valence electrons. The summed E-state index contributed by atoms with van der Waals surface area (Å²) in [5, 5.41) is 25.9. The molecule has 0 radical (unpaired) electrons. The Hall–Kier alpha value is -3.64. The Morgan fingerprint density at radius 3 is 2.67 bits per heavy atom. The van der Waals surface area contributed by atoms with E-state index in [0.717, 1.165) is 60.6 Å². The third-order valence-corrected chi connectivity index (χ3v) is 10.7. The molecule has 0 saturated carbocycles. The van der Waals surface area contributed by atoms with Crippen molar-refractivity contribution in [2.75, 3.05) is 62.7 Å². The highest BCUT2D eigenvalue weighted by Crippen LogP contribution is 2.44. The predicted molar refractivity (Wildman–Crippen MR) is 163 cm³/mol. The van der Waals surface area contributed by atoms with Crippen LogP contribution in [0.5, 0.6) is 0 Å². The van der Waals surface area contributed by atoms with Crippen LogP contribution in [0.2, 0.25) is 0 Å². The number of carbonyl (C=O) groups excluding carboxylic acids is 1. The number of benzene rings is 1. The first-order valence-corrected chi connectivity index (χ1v) is 16.1. The SMILES string of the molecule is CCc1nc2sc(N3CC4(CCCN(CC(=O)N5CC(O)C5)C4)C3)nn2c1N(C)c1nc(-c2ccc(F)cc2)c(C#N)s1. The second kappa shape index (κ2) is 10.8. The third-order valence-electron chi connectivity index (χ3n) is 8.65. The molecule has 1 amide bonds. The zero-order valence-electron chi connectivity index (χ0n) is 24.0.